The van der Waals surface area contributed by atoms with Crippen LogP contribution in [0.2, 0.25) is 0 Å². The number of hydrogen-bond donors (Lipinski definition) is 2. The first kappa shape index (κ1) is 17.6. The molecule has 2 aliphatic rings. The first-order chi connectivity index (χ1) is 13.7. The van der Waals surface area contributed by atoms with Crippen LogP contribution in [0.3, 0.4) is 0 Å². The minimum absolute atomic E-state index is 0.121. The molecule has 4 heterocycles. The van der Waals surface area contributed by atoms with Crippen LogP contribution in [0, 0.1) is 5.41 Å². The van der Waals surface area contributed by atoms with Gasteiger partial charge in [0.05, 0.1) is 42.9 Å². The third kappa shape index (κ3) is 3.04. The smallest absolute Gasteiger partial charge is 0.152 e. The molecule has 0 bridgehead atoms. The highest BCUT2D eigenvalue weighted by Crippen LogP contribution is 2.42. The van der Waals surface area contributed by atoms with Gasteiger partial charge in [-0.25, -0.2) is 9.97 Å². The Balaban J connectivity index is 1.39. The van der Waals surface area contributed by atoms with Gasteiger partial charge >= 0.3 is 0 Å². The number of benzene rings is 1. The maximum absolute atomic E-state index is 9.93. The normalized spacial score (nSPS) is 21.6. The van der Waals surface area contributed by atoms with E-state index in [2.05, 4.69) is 22.0 Å². The van der Waals surface area contributed by atoms with Crippen molar-refractivity contribution in [3.05, 3.63) is 36.3 Å². The lowest BCUT2D eigenvalue weighted by molar-refractivity contribution is 0.0975. The van der Waals surface area contributed by atoms with Crippen molar-refractivity contribution >= 4 is 16.7 Å². The molecule has 2 N–H and O–H groups in total. The summed E-state index contributed by atoms with van der Waals surface area (Å²) in [5.74, 6) is 0.802. The van der Waals surface area contributed by atoms with Crippen molar-refractivity contribution in [3.8, 4) is 11.3 Å². The summed E-state index contributed by atoms with van der Waals surface area (Å²) in [7, 11) is 0. The van der Waals surface area contributed by atoms with Gasteiger partial charge in [-0.3, -0.25) is 5.10 Å². The van der Waals surface area contributed by atoms with Crippen LogP contribution in [-0.4, -0.2) is 51.1 Å². The Hall–Kier alpha value is -2.51. The SMILES string of the molecule is C[C@H]1CC2(CCN(c3ncc(-c4ccc5cn[nH]c5c4)nc3CO)CC2)CO1. The molecule has 1 aromatic carbocycles. The number of anilines is 1. The number of H-pyrrole nitrogens is 1. The fourth-order valence-electron chi connectivity index (χ4n) is 4.61. The number of nitrogens with zero attached hydrogens (tertiary/aromatic N) is 4. The van der Waals surface area contributed by atoms with Crippen LogP contribution in [0.25, 0.3) is 22.2 Å². The molecule has 2 saturated heterocycles. The Morgan fingerprint density at radius 1 is 1.29 bits per heavy atom. The molecule has 1 spiro atoms. The zero-order valence-electron chi connectivity index (χ0n) is 16.1. The van der Waals surface area contributed by atoms with Gasteiger partial charge in [-0.15, -0.1) is 0 Å². The fourth-order valence-corrected chi connectivity index (χ4v) is 4.61. The van der Waals surface area contributed by atoms with Gasteiger partial charge in [-0.1, -0.05) is 12.1 Å². The van der Waals surface area contributed by atoms with Gasteiger partial charge in [-0.2, -0.15) is 5.10 Å². The zero-order chi connectivity index (χ0) is 19.1. The van der Waals surface area contributed by atoms with E-state index < -0.39 is 0 Å². The molecule has 0 radical (unpaired) electrons. The standard InChI is InChI=1S/C21H25N5O2/c1-14-9-21(13-28-14)4-6-26(7-5-21)20-19(12-27)24-18(11-22-20)15-2-3-16-10-23-25-17(16)8-15/h2-3,8,10-11,14,27H,4-7,9,12-13H2,1H3,(H,23,25)/t14-/m0/s1. The summed E-state index contributed by atoms with van der Waals surface area (Å²) < 4.78 is 5.83. The second kappa shape index (κ2) is 6.83. The van der Waals surface area contributed by atoms with Crippen molar-refractivity contribution in [2.75, 3.05) is 24.6 Å². The maximum Gasteiger partial charge on any atom is 0.152 e. The number of aromatic nitrogens is 4. The Bertz CT molecular complexity index is 993. The van der Waals surface area contributed by atoms with Crippen LogP contribution in [0.5, 0.6) is 0 Å². The molecule has 2 fully saturated rings. The van der Waals surface area contributed by atoms with E-state index in [4.69, 9.17) is 14.7 Å². The van der Waals surface area contributed by atoms with Crippen LogP contribution in [0.1, 0.15) is 31.9 Å². The van der Waals surface area contributed by atoms with Crippen LogP contribution in [0.4, 0.5) is 5.82 Å². The number of aliphatic hydroxyl groups is 1. The third-order valence-corrected chi connectivity index (χ3v) is 6.23. The largest absolute Gasteiger partial charge is 0.390 e. The second-order valence-electron chi connectivity index (χ2n) is 8.17. The number of fused-ring (bicyclic) bond motifs is 1. The van der Waals surface area contributed by atoms with E-state index in [1.807, 2.05) is 18.2 Å². The lowest BCUT2D eigenvalue weighted by Gasteiger charge is -2.39. The van der Waals surface area contributed by atoms with E-state index in [9.17, 15) is 5.11 Å². The predicted molar refractivity (Wildman–Crippen MR) is 107 cm³/mol. The monoisotopic (exact) mass is 379 g/mol. The summed E-state index contributed by atoms with van der Waals surface area (Å²) in [4.78, 5) is 11.7. The van der Waals surface area contributed by atoms with E-state index >= 15 is 0 Å². The Labute approximate surface area is 163 Å². The Morgan fingerprint density at radius 3 is 2.89 bits per heavy atom. The maximum atomic E-state index is 9.93. The van der Waals surface area contributed by atoms with Crippen molar-refractivity contribution in [1.82, 2.24) is 20.2 Å². The molecule has 1 atom stereocenters. The zero-order valence-corrected chi connectivity index (χ0v) is 16.1. The van der Waals surface area contributed by atoms with Crippen molar-refractivity contribution < 1.29 is 9.84 Å². The Morgan fingerprint density at radius 2 is 2.14 bits per heavy atom. The van der Waals surface area contributed by atoms with Gasteiger partial charge in [0.1, 0.15) is 5.69 Å². The molecule has 2 aliphatic heterocycles. The summed E-state index contributed by atoms with van der Waals surface area (Å²) >= 11 is 0. The van der Waals surface area contributed by atoms with E-state index in [-0.39, 0.29) is 6.61 Å². The molecular weight excluding hydrogens is 354 g/mol. The van der Waals surface area contributed by atoms with Gasteiger partial charge in [0.2, 0.25) is 0 Å². The van der Waals surface area contributed by atoms with Gasteiger partial charge in [0, 0.05) is 24.0 Å². The first-order valence-electron chi connectivity index (χ1n) is 9.93. The molecule has 0 saturated carbocycles. The highest BCUT2D eigenvalue weighted by molar-refractivity contribution is 5.83. The van der Waals surface area contributed by atoms with E-state index in [0.717, 1.165) is 66.9 Å². The van der Waals surface area contributed by atoms with Crippen LogP contribution in [0.15, 0.2) is 30.6 Å². The molecule has 28 heavy (non-hydrogen) atoms. The summed E-state index contributed by atoms with van der Waals surface area (Å²) in [5.41, 5.74) is 3.63. The minimum atomic E-state index is -0.121. The quantitative estimate of drug-likeness (QED) is 0.728. The molecule has 7 nitrogen and oxygen atoms in total. The number of hydrogen-bond acceptors (Lipinski definition) is 6. The van der Waals surface area contributed by atoms with Crippen molar-refractivity contribution in [3.63, 3.8) is 0 Å². The van der Waals surface area contributed by atoms with E-state index in [0.29, 0.717) is 17.2 Å². The average Bonchev–Trinajstić information content (AvgIpc) is 3.34. The summed E-state index contributed by atoms with van der Waals surface area (Å²) in [6, 6.07) is 6.03. The molecule has 146 valence electrons. The molecule has 7 heteroatoms. The number of nitrogens with one attached hydrogen (secondary N) is 1. The molecule has 5 rings (SSSR count). The molecule has 0 aliphatic carbocycles. The fraction of sp³-hybridized carbons (Fsp3) is 0.476. The van der Waals surface area contributed by atoms with E-state index in [1.54, 1.807) is 12.4 Å². The van der Waals surface area contributed by atoms with Crippen molar-refractivity contribution in [2.45, 2.75) is 38.9 Å². The number of rotatable bonds is 3. The van der Waals surface area contributed by atoms with Crippen molar-refractivity contribution in [2.24, 2.45) is 5.41 Å². The third-order valence-electron chi connectivity index (χ3n) is 6.23. The highest BCUT2D eigenvalue weighted by atomic mass is 16.5. The number of piperidine rings is 1. The molecule has 2 aromatic heterocycles. The summed E-state index contributed by atoms with van der Waals surface area (Å²) in [6.07, 6.45) is 7.31. The molecule has 0 unspecified atom stereocenters. The number of ether oxygens (including phenoxy) is 1. The van der Waals surface area contributed by atoms with Gasteiger partial charge in [0.15, 0.2) is 5.82 Å². The van der Waals surface area contributed by atoms with Crippen LogP contribution >= 0.6 is 0 Å². The van der Waals surface area contributed by atoms with Crippen LogP contribution in [-0.2, 0) is 11.3 Å². The van der Waals surface area contributed by atoms with Crippen LogP contribution < -0.4 is 4.90 Å². The summed E-state index contributed by atoms with van der Waals surface area (Å²) in [6.45, 7) is 4.77. The predicted octanol–water partition coefficient (Wildman–Crippen LogP) is 2.91. The topological polar surface area (TPSA) is 87.2 Å². The lowest BCUT2D eigenvalue weighted by atomic mass is 9.77. The number of aliphatic hydroxyl groups excluding tert-OH is 1. The Kier molecular flexibility index (Phi) is 4.29. The molecular formula is C21H25N5O2. The van der Waals surface area contributed by atoms with Gasteiger partial charge in [-0.05, 0) is 37.7 Å². The minimum Gasteiger partial charge on any atom is -0.390 e. The molecule has 0 amide bonds. The average molecular weight is 379 g/mol. The first-order valence-corrected chi connectivity index (χ1v) is 9.93. The second-order valence-corrected chi connectivity index (χ2v) is 8.17. The number of aromatic amines is 1. The van der Waals surface area contributed by atoms with Gasteiger partial charge in [0.25, 0.3) is 0 Å². The van der Waals surface area contributed by atoms with Gasteiger partial charge < -0.3 is 14.7 Å². The summed E-state index contributed by atoms with van der Waals surface area (Å²) in [5, 5.41) is 18.0. The molecule has 3 aromatic rings. The van der Waals surface area contributed by atoms with E-state index in [1.165, 1.54) is 0 Å². The highest BCUT2D eigenvalue weighted by Gasteiger charge is 2.41. The lowest BCUT2D eigenvalue weighted by Crippen LogP contribution is -2.41. The van der Waals surface area contributed by atoms with Crippen molar-refractivity contribution in [1.29, 1.82) is 0 Å².